The highest BCUT2D eigenvalue weighted by atomic mass is 19.1. The van der Waals surface area contributed by atoms with Gasteiger partial charge in [-0.3, -0.25) is 4.79 Å². The second-order valence-electron chi connectivity index (χ2n) is 6.63. The molecular formula is C20H18FN3O2. The molecule has 5 nitrogen and oxygen atoms in total. The second kappa shape index (κ2) is 6.37. The number of aromatic nitrogens is 2. The molecule has 1 saturated heterocycles. The minimum atomic E-state index is -0.404. The average molecular weight is 351 g/mol. The number of hydrogen-bond donors (Lipinski definition) is 0. The maximum absolute atomic E-state index is 14.2. The van der Waals surface area contributed by atoms with Gasteiger partial charge in [0.15, 0.2) is 5.82 Å². The Morgan fingerprint density at radius 3 is 2.81 bits per heavy atom. The Bertz CT molecular complexity index is 983. The van der Waals surface area contributed by atoms with Gasteiger partial charge in [-0.1, -0.05) is 29.4 Å². The van der Waals surface area contributed by atoms with Crippen LogP contribution in [0.3, 0.4) is 0 Å². The smallest absolute Gasteiger partial charge is 0.258 e. The van der Waals surface area contributed by atoms with Crippen molar-refractivity contribution < 1.29 is 13.7 Å². The highest BCUT2D eigenvalue weighted by Crippen LogP contribution is 2.33. The van der Waals surface area contributed by atoms with Gasteiger partial charge in [0.05, 0.1) is 5.69 Å². The number of anilines is 1. The summed E-state index contributed by atoms with van der Waals surface area (Å²) in [6.45, 7) is 4.18. The third kappa shape index (κ3) is 2.87. The Morgan fingerprint density at radius 2 is 2.00 bits per heavy atom. The van der Waals surface area contributed by atoms with E-state index in [1.54, 1.807) is 12.1 Å². The van der Waals surface area contributed by atoms with Crippen LogP contribution >= 0.6 is 0 Å². The van der Waals surface area contributed by atoms with Crippen LogP contribution in [0.2, 0.25) is 0 Å². The van der Waals surface area contributed by atoms with Crippen LogP contribution in [0.1, 0.15) is 29.3 Å². The minimum absolute atomic E-state index is 0.137. The Hall–Kier alpha value is -3.02. The zero-order chi connectivity index (χ0) is 18.3. The van der Waals surface area contributed by atoms with E-state index in [2.05, 4.69) is 10.1 Å². The van der Waals surface area contributed by atoms with Gasteiger partial charge in [-0.15, -0.1) is 0 Å². The van der Waals surface area contributed by atoms with Gasteiger partial charge in [-0.25, -0.2) is 4.39 Å². The molecule has 1 aliphatic rings. The van der Waals surface area contributed by atoms with Crippen LogP contribution in [0.4, 0.5) is 10.1 Å². The number of benzene rings is 2. The molecule has 0 radical (unpaired) electrons. The van der Waals surface area contributed by atoms with Crippen LogP contribution in [0.5, 0.6) is 0 Å². The Balaban J connectivity index is 1.60. The van der Waals surface area contributed by atoms with E-state index in [1.165, 1.54) is 11.0 Å². The van der Waals surface area contributed by atoms with Crippen molar-refractivity contribution in [2.75, 3.05) is 11.4 Å². The van der Waals surface area contributed by atoms with Gasteiger partial charge < -0.3 is 9.42 Å². The zero-order valence-corrected chi connectivity index (χ0v) is 14.6. The first-order chi connectivity index (χ1) is 12.5. The summed E-state index contributed by atoms with van der Waals surface area (Å²) < 4.78 is 19.5. The van der Waals surface area contributed by atoms with Gasteiger partial charge in [-0.05, 0) is 43.2 Å². The summed E-state index contributed by atoms with van der Waals surface area (Å²) in [4.78, 5) is 18.4. The second-order valence-corrected chi connectivity index (χ2v) is 6.63. The topological polar surface area (TPSA) is 59.2 Å². The Labute approximate surface area is 150 Å². The Kier molecular flexibility index (Phi) is 4.03. The van der Waals surface area contributed by atoms with Crippen molar-refractivity contribution in [3.8, 4) is 11.5 Å². The summed E-state index contributed by atoms with van der Waals surface area (Å²) in [7, 11) is 0. The standard InChI is InChI=1S/C20H18FN3O2/c1-12-7-8-16(21)17(9-12)24-11-14(10-18(24)25)19-22-20(26-23-19)15-6-4-3-5-13(15)2/h3-9,14H,10-11H2,1-2H3. The third-order valence-electron chi connectivity index (χ3n) is 4.70. The molecule has 0 aliphatic carbocycles. The lowest BCUT2D eigenvalue weighted by Crippen LogP contribution is -2.25. The average Bonchev–Trinajstić information content (AvgIpc) is 3.24. The van der Waals surface area contributed by atoms with Crippen LogP contribution in [-0.2, 0) is 4.79 Å². The number of halogens is 1. The van der Waals surface area contributed by atoms with Gasteiger partial charge in [0, 0.05) is 24.4 Å². The number of rotatable bonds is 3. The molecule has 0 N–H and O–H groups in total. The van der Waals surface area contributed by atoms with E-state index < -0.39 is 5.82 Å². The van der Waals surface area contributed by atoms with E-state index in [0.29, 0.717) is 23.9 Å². The van der Waals surface area contributed by atoms with Crippen LogP contribution in [0.25, 0.3) is 11.5 Å². The van der Waals surface area contributed by atoms with E-state index >= 15 is 0 Å². The molecule has 0 spiro atoms. The summed E-state index contributed by atoms with van der Waals surface area (Å²) in [6, 6.07) is 12.5. The van der Waals surface area contributed by atoms with Crippen molar-refractivity contribution in [3.05, 3.63) is 65.2 Å². The molecular weight excluding hydrogens is 333 g/mol. The lowest BCUT2D eigenvalue weighted by atomic mass is 10.1. The first-order valence-electron chi connectivity index (χ1n) is 8.49. The van der Waals surface area contributed by atoms with Gasteiger partial charge in [-0.2, -0.15) is 4.98 Å². The fraction of sp³-hybridized carbons (Fsp3) is 0.250. The highest BCUT2D eigenvalue weighted by molar-refractivity contribution is 5.96. The van der Waals surface area contributed by atoms with Gasteiger partial charge in [0.2, 0.25) is 5.91 Å². The monoisotopic (exact) mass is 351 g/mol. The van der Waals surface area contributed by atoms with Crippen molar-refractivity contribution >= 4 is 11.6 Å². The molecule has 132 valence electrons. The zero-order valence-electron chi connectivity index (χ0n) is 14.6. The molecule has 1 aliphatic heterocycles. The number of nitrogens with zero attached hydrogens (tertiary/aromatic N) is 3. The largest absolute Gasteiger partial charge is 0.334 e. The molecule has 2 aromatic carbocycles. The normalized spacial score (nSPS) is 17.1. The summed E-state index contributed by atoms with van der Waals surface area (Å²) in [5, 5.41) is 4.06. The number of carbonyl (C=O) groups is 1. The maximum Gasteiger partial charge on any atom is 0.258 e. The van der Waals surface area contributed by atoms with Crippen LogP contribution in [-0.4, -0.2) is 22.6 Å². The van der Waals surface area contributed by atoms with Crippen molar-refractivity contribution in [2.45, 2.75) is 26.2 Å². The van der Waals surface area contributed by atoms with E-state index in [0.717, 1.165) is 16.7 Å². The third-order valence-corrected chi connectivity index (χ3v) is 4.70. The van der Waals surface area contributed by atoms with Crippen molar-refractivity contribution in [1.29, 1.82) is 0 Å². The van der Waals surface area contributed by atoms with Crippen LogP contribution in [0.15, 0.2) is 47.0 Å². The molecule has 6 heteroatoms. The molecule has 0 bridgehead atoms. The molecule has 3 aromatic rings. The predicted molar refractivity (Wildman–Crippen MR) is 95.3 cm³/mol. The van der Waals surface area contributed by atoms with Gasteiger partial charge in [0.1, 0.15) is 5.82 Å². The summed E-state index contributed by atoms with van der Waals surface area (Å²) in [6.07, 6.45) is 0.236. The SMILES string of the molecule is Cc1ccc(F)c(N2CC(c3noc(-c4ccccc4C)n3)CC2=O)c1. The first-order valence-corrected chi connectivity index (χ1v) is 8.49. The summed E-state index contributed by atoms with van der Waals surface area (Å²) in [5.74, 6) is 0.155. The molecule has 0 saturated carbocycles. The molecule has 1 unspecified atom stereocenters. The molecule has 1 aromatic heterocycles. The first kappa shape index (κ1) is 16.4. The van der Waals surface area contributed by atoms with E-state index in [-0.39, 0.29) is 18.2 Å². The molecule has 4 rings (SSSR count). The maximum atomic E-state index is 14.2. The quantitative estimate of drug-likeness (QED) is 0.715. The molecule has 1 amide bonds. The predicted octanol–water partition coefficient (Wildman–Crippen LogP) is 4.01. The molecule has 2 heterocycles. The fourth-order valence-electron chi connectivity index (χ4n) is 3.27. The van der Waals surface area contributed by atoms with Crippen molar-refractivity contribution in [2.24, 2.45) is 0 Å². The van der Waals surface area contributed by atoms with Crippen molar-refractivity contribution in [3.63, 3.8) is 0 Å². The van der Waals surface area contributed by atoms with E-state index in [4.69, 9.17) is 4.52 Å². The fourth-order valence-corrected chi connectivity index (χ4v) is 3.27. The molecule has 26 heavy (non-hydrogen) atoms. The van der Waals surface area contributed by atoms with Crippen LogP contribution in [0, 0.1) is 19.7 Å². The summed E-state index contributed by atoms with van der Waals surface area (Å²) in [5.41, 5.74) is 3.12. The Morgan fingerprint density at radius 1 is 1.19 bits per heavy atom. The van der Waals surface area contributed by atoms with Gasteiger partial charge >= 0.3 is 0 Å². The lowest BCUT2D eigenvalue weighted by molar-refractivity contribution is -0.117. The number of aryl methyl sites for hydroxylation is 2. The molecule has 1 atom stereocenters. The van der Waals surface area contributed by atoms with Crippen LogP contribution < -0.4 is 4.90 Å². The summed E-state index contributed by atoms with van der Waals surface area (Å²) >= 11 is 0. The van der Waals surface area contributed by atoms with E-state index in [9.17, 15) is 9.18 Å². The van der Waals surface area contributed by atoms with E-state index in [1.807, 2.05) is 38.1 Å². The number of hydrogen-bond acceptors (Lipinski definition) is 4. The van der Waals surface area contributed by atoms with Crippen molar-refractivity contribution in [1.82, 2.24) is 10.1 Å². The van der Waals surface area contributed by atoms with Gasteiger partial charge in [0.25, 0.3) is 5.89 Å². The highest BCUT2D eigenvalue weighted by Gasteiger charge is 2.35. The number of carbonyl (C=O) groups excluding carboxylic acids is 1. The molecule has 1 fully saturated rings. The lowest BCUT2D eigenvalue weighted by Gasteiger charge is -2.17. The number of amides is 1. The minimum Gasteiger partial charge on any atom is -0.334 e.